The number of hydrogen-bond acceptors (Lipinski definition) is 4. The average molecular weight is 530 g/mol. The van der Waals surface area contributed by atoms with Crippen molar-refractivity contribution in [1.29, 1.82) is 0 Å². The van der Waals surface area contributed by atoms with E-state index in [0.29, 0.717) is 26.2 Å². The van der Waals surface area contributed by atoms with Crippen molar-refractivity contribution in [2.24, 2.45) is 0 Å². The van der Waals surface area contributed by atoms with Gasteiger partial charge in [0.15, 0.2) is 0 Å². The van der Waals surface area contributed by atoms with Gasteiger partial charge in [0.25, 0.3) is 0 Å². The lowest BCUT2D eigenvalue weighted by atomic mass is 9.89. The fraction of sp³-hybridized carbons (Fsp3) is 0.438. The number of hydrogen-bond donors (Lipinski definition) is 0. The number of aryl methyl sites for hydroxylation is 1. The summed E-state index contributed by atoms with van der Waals surface area (Å²) < 4.78 is 0. The number of carbonyl (C=O) groups excluding carboxylic acids is 2. The molecule has 0 N–H and O–H groups in total. The van der Waals surface area contributed by atoms with Gasteiger partial charge < -0.3 is 9.80 Å². The summed E-state index contributed by atoms with van der Waals surface area (Å²) >= 11 is 1.83. The molecule has 3 atom stereocenters. The van der Waals surface area contributed by atoms with Crippen LogP contribution < -0.4 is 0 Å². The molecule has 3 aromatic rings. The van der Waals surface area contributed by atoms with Crippen molar-refractivity contribution in [2.75, 3.05) is 32.7 Å². The van der Waals surface area contributed by atoms with E-state index in [4.69, 9.17) is 0 Å². The van der Waals surface area contributed by atoms with Gasteiger partial charge in [0, 0.05) is 37.6 Å². The van der Waals surface area contributed by atoms with E-state index in [1.807, 2.05) is 51.5 Å². The van der Waals surface area contributed by atoms with Gasteiger partial charge in [-0.25, -0.2) is 0 Å². The van der Waals surface area contributed by atoms with Crippen LogP contribution >= 0.6 is 11.3 Å². The number of nitrogens with zero attached hydrogens (tertiary/aromatic N) is 3. The SMILES string of the molecule is CC[C@H](C(=O)N1CCCN(C(=O)[C@@H](C)N2CCc3sccc3[C@H]2c2ccccc2C)CC1)c1ccccc1. The van der Waals surface area contributed by atoms with Gasteiger partial charge in [-0.2, -0.15) is 0 Å². The van der Waals surface area contributed by atoms with Crippen LogP contribution in [0.4, 0.5) is 0 Å². The monoisotopic (exact) mass is 529 g/mol. The Labute approximate surface area is 231 Å². The first-order valence-corrected chi connectivity index (χ1v) is 14.9. The lowest BCUT2D eigenvalue weighted by molar-refractivity contribution is -0.138. The summed E-state index contributed by atoms with van der Waals surface area (Å²) in [6.45, 7) is 9.76. The number of thiophene rings is 1. The predicted octanol–water partition coefficient (Wildman–Crippen LogP) is 5.65. The van der Waals surface area contributed by atoms with Crippen LogP contribution in [0.1, 0.15) is 65.8 Å². The van der Waals surface area contributed by atoms with Gasteiger partial charge in [-0.3, -0.25) is 14.5 Å². The summed E-state index contributed by atoms with van der Waals surface area (Å²) in [5, 5.41) is 2.19. The zero-order chi connectivity index (χ0) is 26.6. The Morgan fingerprint density at radius 1 is 0.868 bits per heavy atom. The van der Waals surface area contributed by atoms with Crippen LogP contribution in [0.15, 0.2) is 66.0 Å². The van der Waals surface area contributed by atoms with Crippen molar-refractivity contribution < 1.29 is 9.59 Å². The quantitative estimate of drug-likeness (QED) is 0.415. The highest BCUT2D eigenvalue weighted by Gasteiger charge is 2.37. The van der Waals surface area contributed by atoms with Crippen LogP contribution in [0.5, 0.6) is 0 Å². The maximum Gasteiger partial charge on any atom is 0.239 e. The van der Waals surface area contributed by atoms with E-state index in [-0.39, 0.29) is 29.8 Å². The summed E-state index contributed by atoms with van der Waals surface area (Å²) in [4.78, 5) is 35.2. The molecule has 3 heterocycles. The van der Waals surface area contributed by atoms with Crippen LogP contribution in [-0.2, 0) is 16.0 Å². The molecule has 6 heteroatoms. The topological polar surface area (TPSA) is 43.9 Å². The molecule has 2 aliphatic heterocycles. The first-order valence-electron chi connectivity index (χ1n) is 14.0. The largest absolute Gasteiger partial charge is 0.340 e. The lowest BCUT2D eigenvalue weighted by Gasteiger charge is -2.41. The van der Waals surface area contributed by atoms with E-state index >= 15 is 0 Å². The van der Waals surface area contributed by atoms with E-state index in [1.165, 1.54) is 21.6 Å². The Kier molecular flexibility index (Phi) is 8.29. The Morgan fingerprint density at radius 2 is 1.55 bits per heavy atom. The summed E-state index contributed by atoms with van der Waals surface area (Å²) in [5.74, 6) is 0.230. The molecule has 0 saturated carbocycles. The molecule has 0 unspecified atom stereocenters. The standard InChI is InChI=1S/C32H39N3O2S/c1-4-26(25-12-6-5-7-13-25)32(37)34-18-10-17-33(20-21-34)31(36)24(3)35-19-15-29-28(16-22-38-29)30(35)27-14-9-8-11-23(27)2/h5-9,11-14,16,22,24,26,30H,4,10,15,17-21H2,1-3H3/t24-,26+,30-/m1/s1. The zero-order valence-corrected chi connectivity index (χ0v) is 23.6. The fourth-order valence-corrected chi connectivity index (χ4v) is 7.12. The molecule has 0 radical (unpaired) electrons. The molecule has 0 bridgehead atoms. The Morgan fingerprint density at radius 3 is 2.26 bits per heavy atom. The molecule has 5 nitrogen and oxygen atoms in total. The minimum atomic E-state index is -0.234. The molecule has 2 amide bonds. The second-order valence-corrected chi connectivity index (χ2v) is 11.6. The van der Waals surface area contributed by atoms with Crippen molar-refractivity contribution in [3.05, 3.63) is 93.2 Å². The number of carbonyl (C=O) groups is 2. The fourth-order valence-electron chi connectivity index (χ4n) is 6.22. The lowest BCUT2D eigenvalue weighted by Crippen LogP contribution is -2.51. The minimum absolute atomic E-state index is 0.0892. The number of fused-ring (bicyclic) bond motifs is 1. The predicted molar refractivity (Wildman–Crippen MR) is 154 cm³/mol. The molecular weight excluding hydrogens is 490 g/mol. The molecule has 1 fully saturated rings. The normalized spacial score (nSPS) is 19.9. The molecule has 1 saturated heterocycles. The smallest absolute Gasteiger partial charge is 0.239 e. The van der Waals surface area contributed by atoms with Gasteiger partial charge in [0.05, 0.1) is 18.0 Å². The van der Waals surface area contributed by atoms with E-state index in [9.17, 15) is 9.59 Å². The van der Waals surface area contributed by atoms with Gasteiger partial charge in [0.2, 0.25) is 11.8 Å². The first-order chi connectivity index (χ1) is 18.5. The minimum Gasteiger partial charge on any atom is -0.340 e. The number of benzene rings is 2. The highest BCUT2D eigenvalue weighted by molar-refractivity contribution is 7.10. The molecule has 0 aliphatic carbocycles. The van der Waals surface area contributed by atoms with Gasteiger partial charge in [0.1, 0.15) is 0 Å². The van der Waals surface area contributed by atoms with Crippen LogP contribution in [0.3, 0.4) is 0 Å². The summed E-state index contributed by atoms with van der Waals surface area (Å²) in [6, 6.07) is 20.7. The highest BCUT2D eigenvalue weighted by Crippen LogP contribution is 2.40. The molecule has 5 rings (SSSR count). The van der Waals surface area contributed by atoms with E-state index < -0.39 is 0 Å². The number of amides is 2. The molecule has 2 aliphatic rings. The molecule has 200 valence electrons. The average Bonchev–Trinajstić information content (AvgIpc) is 3.29. The molecular formula is C32H39N3O2S. The van der Waals surface area contributed by atoms with E-state index in [0.717, 1.165) is 31.4 Å². The van der Waals surface area contributed by atoms with Crippen molar-refractivity contribution in [3.63, 3.8) is 0 Å². The number of rotatable bonds is 6. The Balaban J connectivity index is 1.31. The second-order valence-electron chi connectivity index (χ2n) is 10.6. The van der Waals surface area contributed by atoms with Crippen LogP contribution in [0.2, 0.25) is 0 Å². The molecule has 0 spiro atoms. The van der Waals surface area contributed by atoms with Crippen LogP contribution in [-0.4, -0.2) is 65.3 Å². The van der Waals surface area contributed by atoms with Crippen molar-refractivity contribution >= 4 is 23.2 Å². The zero-order valence-electron chi connectivity index (χ0n) is 22.8. The third-order valence-electron chi connectivity index (χ3n) is 8.37. The Hall–Kier alpha value is -2.96. The second kappa shape index (κ2) is 11.8. The van der Waals surface area contributed by atoms with Crippen LogP contribution in [0, 0.1) is 6.92 Å². The van der Waals surface area contributed by atoms with Gasteiger partial charge >= 0.3 is 0 Å². The summed E-state index contributed by atoms with van der Waals surface area (Å²) in [7, 11) is 0. The maximum atomic E-state index is 13.9. The van der Waals surface area contributed by atoms with Crippen molar-refractivity contribution in [3.8, 4) is 0 Å². The highest BCUT2D eigenvalue weighted by atomic mass is 32.1. The van der Waals surface area contributed by atoms with Gasteiger partial charge in [-0.05, 0) is 66.8 Å². The first kappa shape index (κ1) is 26.6. The van der Waals surface area contributed by atoms with Gasteiger partial charge in [-0.15, -0.1) is 11.3 Å². The molecule has 2 aromatic carbocycles. The molecule has 38 heavy (non-hydrogen) atoms. The third kappa shape index (κ3) is 5.29. The van der Waals surface area contributed by atoms with E-state index in [1.54, 1.807) is 0 Å². The van der Waals surface area contributed by atoms with E-state index in [2.05, 4.69) is 61.4 Å². The maximum absolute atomic E-state index is 13.9. The van der Waals surface area contributed by atoms with Crippen molar-refractivity contribution in [1.82, 2.24) is 14.7 Å². The summed E-state index contributed by atoms with van der Waals surface area (Å²) in [6.07, 6.45) is 2.57. The summed E-state index contributed by atoms with van der Waals surface area (Å²) in [5.41, 5.74) is 4.96. The van der Waals surface area contributed by atoms with Gasteiger partial charge in [-0.1, -0.05) is 61.5 Å². The Bertz CT molecular complexity index is 1260. The third-order valence-corrected chi connectivity index (χ3v) is 9.37. The van der Waals surface area contributed by atoms with Crippen LogP contribution in [0.25, 0.3) is 0 Å². The van der Waals surface area contributed by atoms with Crippen molar-refractivity contribution in [2.45, 2.75) is 58.0 Å². The molecule has 1 aromatic heterocycles.